The smallest absolute Gasteiger partial charge is 0.339 e. The molecule has 1 aromatic rings. The number of carbonyl (C=O) groups is 2. The van der Waals surface area contributed by atoms with Gasteiger partial charge >= 0.3 is 11.9 Å². The molecule has 0 aliphatic heterocycles. The molecule has 0 saturated carbocycles. The molecule has 2 N–H and O–H groups in total. The number of hydrogen-bond acceptors (Lipinski definition) is 6. The number of thioether (sulfide) groups is 1. The molecular formula is C13H16ClNO4S. The molecule has 0 atom stereocenters. The number of esters is 2. The van der Waals surface area contributed by atoms with Gasteiger partial charge in [-0.2, -0.15) is 0 Å². The summed E-state index contributed by atoms with van der Waals surface area (Å²) in [7, 11) is 1.33. The first-order valence-electron chi connectivity index (χ1n) is 5.95. The number of nitrogen functional groups attached to an aromatic ring is 1. The molecule has 7 heteroatoms. The molecule has 0 fully saturated rings. The van der Waals surface area contributed by atoms with Crippen LogP contribution in [0.2, 0.25) is 5.02 Å². The minimum atomic E-state index is -0.484. The van der Waals surface area contributed by atoms with Crippen molar-refractivity contribution >= 4 is 41.0 Å². The Morgan fingerprint density at radius 2 is 2.10 bits per heavy atom. The van der Waals surface area contributed by atoms with Crippen molar-refractivity contribution in [2.45, 2.75) is 18.2 Å². The second-order valence-corrected chi connectivity index (χ2v) is 5.29. The fraction of sp³-hybridized carbons (Fsp3) is 0.385. The summed E-state index contributed by atoms with van der Waals surface area (Å²) in [6.45, 7) is 1.98. The highest BCUT2D eigenvalue weighted by Gasteiger charge is 2.17. The largest absolute Gasteiger partial charge is 0.469 e. The fourth-order valence-electron chi connectivity index (χ4n) is 1.46. The van der Waals surface area contributed by atoms with Crippen molar-refractivity contribution in [1.82, 2.24) is 0 Å². The average molecular weight is 318 g/mol. The number of carbonyl (C=O) groups excluding carboxylic acids is 2. The molecule has 1 aromatic carbocycles. The van der Waals surface area contributed by atoms with Crippen LogP contribution in [0.5, 0.6) is 0 Å². The van der Waals surface area contributed by atoms with Crippen molar-refractivity contribution in [3.63, 3.8) is 0 Å². The van der Waals surface area contributed by atoms with Crippen LogP contribution < -0.4 is 5.73 Å². The Bertz CT molecular complexity index is 507. The monoisotopic (exact) mass is 317 g/mol. The molecule has 5 nitrogen and oxygen atoms in total. The molecule has 0 aliphatic carbocycles. The van der Waals surface area contributed by atoms with Crippen molar-refractivity contribution in [3.05, 3.63) is 22.7 Å². The van der Waals surface area contributed by atoms with E-state index in [2.05, 4.69) is 4.74 Å². The third kappa shape index (κ3) is 4.61. The van der Waals surface area contributed by atoms with Gasteiger partial charge in [-0.3, -0.25) is 4.79 Å². The third-order valence-corrected chi connectivity index (χ3v) is 3.89. The number of methoxy groups -OCH3 is 1. The van der Waals surface area contributed by atoms with Crippen LogP contribution in [-0.2, 0) is 14.3 Å². The van der Waals surface area contributed by atoms with Gasteiger partial charge in [-0.05, 0) is 19.1 Å². The zero-order valence-electron chi connectivity index (χ0n) is 11.3. The summed E-state index contributed by atoms with van der Waals surface area (Å²) in [6.07, 6.45) is 0.226. The van der Waals surface area contributed by atoms with Crippen LogP contribution in [-0.4, -0.2) is 31.4 Å². The Hall–Kier alpha value is -1.40. The van der Waals surface area contributed by atoms with Crippen LogP contribution in [0, 0.1) is 0 Å². The zero-order valence-corrected chi connectivity index (χ0v) is 12.8. The second kappa shape index (κ2) is 8.01. The second-order valence-electron chi connectivity index (χ2n) is 3.77. The first kappa shape index (κ1) is 16.7. The van der Waals surface area contributed by atoms with E-state index in [4.69, 9.17) is 22.1 Å². The molecule has 0 heterocycles. The number of anilines is 1. The maximum Gasteiger partial charge on any atom is 0.339 e. The molecular weight excluding hydrogens is 302 g/mol. The van der Waals surface area contributed by atoms with E-state index >= 15 is 0 Å². The fourth-order valence-corrected chi connectivity index (χ4v) is 2.82. The maximum atomic E-state index is 11.9. The van der Waals surface area contributed by atoms with Crippen LogP contribution in [0.1, 0.15) is 23.7 Å². The normalized spacial score (nSPS) is 10.2. The summed E-state index contributed by atoms with van der Waals surface area (Å²) in [4.78, 5) is 23.5. The van der Waals surface area contributed by atoms with E-state index in [1.54, 1.807) is 13.0 Å². The zero-order chi connectivity index (χ0) is 15.1. The summed E-state index contributed by atoms with van der Waals surface area (Å²) >= 11 is 7.39. The van der Waals surface area contributed by atoms with Crippen LogP contribution >= 0.6 is 23.4 Å². The van der Waals surface area contributed by atoms with Gasteiger partial charge in [0, 0.05) is 16.3 Å². The molecule has 0 aliphatic rings. The molecule has 0 unspecified atom stereocenters. The van der Waals surface area contributed by atoms with Crippen LogP contribution in [0.4, 0.5) is 5.69 Å². The molecule has 0 aromatic heterocycles. The number of benzene rings is 1. The number of nitrogens with two attached hydrogens (primary N) is 1. The Kier molecular flexibility index (Phi) is 6.67. The van der Waals surface area contributed by atoms with E-state index in [-0.39, 0.29) is 19.0 Å². The van der Waals surface area contributed by atoms with Gasteiger partial charge in [0.25, 0.3) is 0 Å². The first-order valence-corrected chi connectivity index (χ1v) is 7.31. The molecule has 0 spiro atoms. The summed E-state index contributed by atoms with van der Waals surface area (Å²) in [5.41, 5.74) is 6.38. The average Bonchev–Trinajstić information content (AvgIpc) is 2.40. The van der Waals surface area contributed by atoms with Crippen molar-refractivity contribution in [2.75, 3.05) is 25.2 Å². The van der Waals surface area contributed by atoms with Crippen LogP contribution in [0.25, 0.3) is 0 Å². The van der Waals surface area contributed by atoms with E-state index in [9.17, 15) is 9.59 Å². The third-order valence-electron chi connectivity index (χ3n) is 2.34. The Labute approximate surface area is 126 Å². The number of halogens is 1. The van der Waals surface area contributed by atoms with E-state index < -0.39 is 5.97 Å². The predicted octanol–water partition coefficient (Wildman–Crippen LogP) is 2.75. The van der Waals surface area contributed by atoms with Gasteiger partial charge in [-0.1, -0.05) is 11.6 Å². The summed E-state index contributed by atoms with van der Waals surface area (Å²) < 4.78 is 9.53. The highest BCUT2D eigenvalue weighted by Crippen LogP contribution is 2.33. The van der Waals surface area contributed by atoms with Gasteiger partial charge in [0.2, 0.25) is 0 Å². The van der Waals surface area contributed by atoms with Crippen molar-refractivity contribution in [3.8, 4) is 0 Å². The lowest BCUT2D eigenvalue weighted by atomic mass is 10.2. The minimum absolute atomic E-state index is 0.226. The minimum Gasteiger partial charge on any atom is -0.469 e. The summed E-state index contributed by atoms with van der Waals surface area (Å²) in [5.74, 6) is -0.355. The van der Waals surface area contributed by atoms with E-state index in [1.807, 2.05) is 0 Å². The highest BCUT2D eigenvalue weighted by atomic mass is 35.5. The Balaban J connectivity index is 2.92. The molecule has 20 heavy (non-hydrogen) atoms. The molecule has 0 radical (unpaired) electrons. The van der Waals surface area contributed by atoms with Gasteiger partial charge in [-0.15, -0.1) is 11.8 Å². The molecule has 0 amide bonds. The Morgan fingerprint density at radius 1 is 1.40 bits per heavy atom. The van der Waals surface area contributed by atoms with Crippen LogP contribution in [0.15, 0.2) is 17.0 Å². The van der Waals surface area contributed by atoms with Crippen molar-refractivity contribution < 1.29 is 19.1 Å². The van der Waals surface area contributed by atoms with Crippen molar-refractivity contribution in [2.24, 2.45) is 0 Å². The van der Waals surface area contributed by atoms with Gasteiger partial charge in [0.15, 0.2) is 0 Å². The highest BCUT2D eigenvalue weighted by molar-refractivity contribution is 7.99. The summed E-state index contributed by atoms with van der Waals surface area (Å²) in [5, 5.41) is 0.364. The van der Waals surface area contributed by atoms with Gasteiger partial charge in [-0.25, -0.2) is 4.79 Å². The van der Waals surface area contributed by atoms with E-state index in [1.165, 1.54) is 24.9 Å². The quantitative estimate of drug-likeness (QED) is 0.494. The van der Waals surface area contributed by atoms with Crippen molar-refractivity contribution in [1.29, 1.82) is 0 Å². The standard InChI is InChI=1S/C13H16ClNO4S/c1-3-19-13(17)9-6-8(15)7-10(14)12(9)20-5-4-11(16)18-2/h6-7H,3-5,15H2,1-2H3. The molecule has 0 bridgehead atoms. The topological polar surface area (TPSA) is 78.6 Å². The van der Waals surface area contributed by atoms with Crippen LogP contribution in [0.3, 0.4) is 0 Å². The Morgan fingerprint density at radius 3 is 2.70 bits per heavy atom. The molecule has 0 saturated heterocycles. The number of rotatable bonds is 6. The lowest BCUT2D eigenvalue weighted by molar-refractivity contribution is -0.140. The number of ether oxygens (including phenoxy) is 2. The molecule has 1 rings (SSSR count). The van der Waals surface area contributed by atoms with E-state index in [0.717, 1.165) is 0 Å². The predicted molar refractivity (Wildman–Crippen MR) is 79.2 cm³/mol. The van der Waals surface area contributed by atoms with Gasteiger partial charge in [0.05, 0.1) is 30.7 Å². The van der Waals surface area contributed by atoms with Gasteiger partial charge in [0.1, 0.15) is 0 Å². The SMILES string of the molecule is CCOC(=O)c1cc(N)cc(Cl)c1SCCC(=O)OC. The van der Waals surface area contributed by atoms with E-state index in [0.29, 0.717) is 26.9 Å². The lowest BCUT2D eigenvalue weighted by Gasteiger charge is -2.11. The number of hydrogen-bond donors (Lipinski definition) is 1. The van der Waals surface area contributed by atoms with Gasteiger partial charge < -0.3 is 15.2 Å². The maximum absolute atomic E-state index is 11.9. The lowest BCUT2D eigenvalue weighted by Crippen LogP contribution is -2.08. The molecule has 110 valence electrons. The first-order chi connectivity index (χ1) is 9.49. The summed E-state index contributed by atoms with van der Waals surface area (Å²) in [6, 6.07) is 3.08.